The Balaban J connectivity index is 2.55. The molecule has 0 spiro atoms. The first kappa shape index (κ1) is 16.2. The third-order valence-corrected chi connectivity index (χ3v) is 3.60. The van der Waals surface area contributed by atoms with Crippen molar-refractivity contribution in [2.75, 3.05) is 26.8 Å². The fourth-order valence-corrected chi connectivity index (χ4v) is 2.50. The molecular formula is C17H29NO. The van der Waals surface area contributed by atoms with E-state index in [1.54, 1.807) is 7.11 Å². The van der Waals surface area contributed by atoms with Gasteiger partial charge in [0.15, 0.2) is 0 Å². The Morgan fingerprint density at radius 2 is 2.00 bits per heavy atom. The number of rotatable bonds is 10. The lowest BCUT2D eigenvalue weighted by atomic mass is 9.90. The molecule has 19 heavy (non-hydrogen) atoms. The van der Waals surface area contributed by atoms with Crippen LogP contribution >= 0.6 is 0 Å². The van der Waals surface area contributed by atoms with Crippen molar-refractivity contribution < 1.29 is 4.74 Å². The van der Waals surface area contributed by atoms with Gasteiger partial charge in [-0.3, -0.25) is 0 Å². The summed E-state index contributed by atoms with van der Waals surface area (Å²) in [5.41, 5.74) is 2.92. The lowest BCUT2D eigenvalue weighted by Crippen LogP contribution is -2.23. The SMILES string of the molecule is CCCNCC(CCCCOC)c1ccccc1C. The van der Waals surface area contributed by atoms with E-state index in [9.17, 15) is 0 Å². The second-order valence-corrected chi connectivity index (χ2v) is 5.25. The molecule has 2 heteroatoms. The second kappa shape index (κ2) is 9.99. The molecule has 1 aromatic rings. The summed E-state index contributed by atoms with van der Waals surface area (Å²) in [6.45, 7) is 7.51. The standard InChI is InChI=1S/C17H29NO/c1-4-12-18-14-16(10-7-8-13-19-3)17-11-6-5-9-15(17)2/h5-6,9,11,16,18H,4,7-8,10,12-14H2,1-3H3. The van der Waals surface area contributed by atoms with Gasteiger partial charge in [-0.1, -0.05) is 37.6 Å². The van der Waals surface area contributed by atoms with Crippen molar-refractivity contribution in [1.82, 2.24) is 5.32 Å². The highest BCUT2D eigenvalue weighted by Gasteiger charge is 2.12. The van der Waals surface area contributed by atoms with Crippen LogP contribution in [0.1, 0.15) is 49.7 Å². The van der Waals surface area contributed by atoms with Crippen molar-refractivity contribution >= 4 is 0 Å². The predicted octanol–water partition coefficient (Wildman–Crippen LogP) is 3.89. The zero-order chi connectivity index (χ0) is 13.9. The van der Waals surface area contributed by atoms with Crippen LogP contribution in [0, 0.1) is 6.92 Å². The monoisotopic (exact) mass is 263 g/mol. The summed E-state index contributed by atoms with van der Waals surface area (Å²) >= 11 is 0. The van der Waals surface area contributed by atoms with E-state index in [1.807, 2.05) is 0 Å². The van der Waals surface area contributed by atoms with Gasteiger partial charge in [0.25, 0.3) is 0 Å². The minimum Gasteiger partial charge on any atom is -0.385 e. The molecule has 108 valence electrons. The number of benzene rings is 1. The van der Waals surface area contributed by atoms with Crippen LogP contribution in [0.15, 0.2) is 24.3 Å². The molecule has 0 fully saturated rings. The molecule has 0 saturated carbocycles. The zero-order valence-electron chi connectivity index (χ0n) is 12.7. The average Bonchev–Trinajstić information content (AvgIpc) is 2.42. The number of methoxy groups -OCH3 is 1. The first-order valence-electron chi connectivity index (χ1n) is 7.54. The number of aryl methyl sites for hydroxylation is 1. The maximum absolute atomic E-state index is 5.14. The van der Waals surface area contributed by atoms with E-state index in [0.717, 1.165) is 26.1 Å². The van der Waals surface area contributed by atoms with E-state index in [-0.39, 0.29) is 0 Å². The van der Waals surface area contributed by atoms with Crippen LogP contribution < -0.4 is 5.32 Å². The largest absolute Gasteiger partial charge is 0.385 e. The molecule has 0 aliphatic heterocycles. The molecule has 0 saturated heterocycles. The summed E-state index contributed by atoms with van der Waals surface area (Å²) in [4.78, 5) is 0. The van der Waals surface area contributed by atoms with Gasteiger partial charge >= 0.3 is 0 Å². The lowest BCUT2D eigenvalue weighted by molar-refractivity contribution is 0.191. The summed E-state index contributed by atoms with van der Waals surface area (Å²) in [7, 11) is 1.78. The molecule has 0 aromatic heterocycles. The topological polar surface area (TPSA) is 21.3 Å². The number of hydrogen-bond donors (Lipinski definition) is 1. The molecule has 0 aliphatic rings. The zero-order valence-corrected chi connectivity index (χ0v) is 12.7. The normalized spacial score (nSPS) is 12.6. The van der Waals surface area contributed by atoms with Gasteiger partial charge in [0.05, 0.1) is 0 Å². The molecule has 0 amide bonds. The van der Waals surface area contributed by atoms with Crippen molar-refractivity contribution in [3.63, 3.8) is 0 Å². The Labute approximate surface area is 118 Å². The van der Waals surface area contributed by atoms with Gasteiger partial charge in [0, 0.05) is 20.3 Å². The molecule has 1 rings (SSSR count). The van der Waals surface area contributed by atoms with Gasteiger partial charge in [-0.15, -0.1) is 0 Å². The van der Waals surface area contributed by atoms with Crippen LogP contribution in [0.4, 0.5) is 0 Å². The molecule has 1 unspecified atom stereocenters. The van der Waals surface area contributed by atoms with Crippen LogP contribution in [0.25, 0.3) is 0 Å². The summed E-state index contributed by atoms with van der Waals surface area (Å²) in [5, 5.41) is 3.57. The second-order valence-electron chi connectivity index (χ2n) is 5.25. The number of nitrogens with one attached hydrogen (secondary N) is 1. The van der Waals surface area contributed by atoms with Gasteiger partial charge in [0.2, 0.25) is 0 Å². The Hall–Kier alpha value is -0.860. The fraction of sp³-hybridized carbons (Fsp3) is 0.647. The molecule has 0 radical (unpaired) electrons. The van der Waals surface area contributed by atoms with E-state index in [4.69, 9.17) is 4.74 Å². The summed E-state index contributed by atoms with van der Waals surface area (Å²) < 4.78 is 5.14. The molecule has 1 atom stereocenters. The number of ether oxygens (including phenoxy) is 1. The van der Waals surface area contributed by atoms with Crippen molar-refractivity contribution in [3.8, 4) is 0 Å². The molecule has 2 nitrogen and oxygen atoms in total. The smallest absolute Gasteiger partial charge is 0.0462 e. The molecule has 0 aliphatic carbocycles. The minimum absolute atomic E-state index is 0.629. The highest BCUT2D eigenvalue weighted by atomic mass is 16.5. The number of hydrogen-bond acceptors (Lipinski definition) is 2. The van der Waals surface area contributed by atoms with Crippen molar-refractivity contribution in [2.45, 2.75) is 45.4 Å². The third kappa shape index (κ3) is 6.22. The predicted molar refractivity (Wildman–Crippen MR) is 82.8 cm³/mol. The van der Waals surface area contributed by atoms with Gasteiger partial charge < -0.3 is 10.1 Å². The molecule has 1 N–H and O–H groups in total. The van der Waals surface area contributed by atoms with E-state index >= 15 is 0 Å². The minimum atomic E-state index is 0.629. The summed E-state index contributed by atoms with van der Waals surface area (Å²) in [6, 6.07) is 8.78. The Morgan fingerprint density at radius 1 is 1.21 bits per heavy atom. The molecule has 0 heterocycles. The Bertz CT molecular complexity index is 338. The van der Waals surface area contributed by atoms with Crippen LogP contribution in [0.2, 0.25) is 0 Å². The maximum Gasteiger partial charge on any atom is 0.0462 e. The van der Waals surface area contributed by atoms with Crippen molar-refractivity contribution in [1.29, 1.82) is 0 Å². The molecule has 1 aromatic carbocycles. The average molecular weight is 263 g/mol. The van der Waals surface area contributed by atoms with Crippen LogP contribution in [0.3, 0.4) is 0 Å². The Morgan fingerprint density at radius 3 is 2.68 bits per heavy atom. The van der Waals surface area contributed by atoms with E-state index in [2.05, 4.69) is 43.4 Å². The summed E-state index contributed by atoms with van der Waals surface area (Å²) in [5.74, 6) is 0.629. The van der Waals surface area contributed by atoms with Gasteiger partial charge in [-0.2, -0.15) is 0 Å². The Kier molecular flexibility index (Phi) is 8.52. The third-order valence-electron chi connectivity index (χ3n) is 3.60. The molecular weight excluding hydrogens is 234 g/mol. The van der Waals surface area contributed by atoms with Gasteiger partial charge in [-0.05, 0) is 49.8 Å². The van der Waals surface area contributed by atoms with E-state index < -0.39 is 0 Å². The first-order chi connectivity index (χ1) is 9.29. The van der Waals surface area contributed by atoms with Crippen molar-refractivity contribution in [3.05, 3.63) is 35.4 Å². The van der Waals surface area contributed by atoms with Crippen LogP contribution in [-0.4, -0.2) is 26.8 Å². The number of unbranched alkanes of at least 4 members (excludes halogenated alkanes) is 1. The highest BCUT2D eigenvalue weighted by molar-refractivity contribution is 5.29. The highest BCUT2D eigenvalue weighted by Crippen LogP contribution is 2.24. The van der Waals surface area contributed by atoms with Crippen molar-refractivity contribution in [2.24, 2.45) is 0 Å². The fourth-order valence-electron chi connectivity index (χ4n) is 2.50. The van der Waals surface area contributed by atoms with E-state index in [0.29, 0.717) is 5.92 Å². The van der Waals surface area contributed by atoms with Gasteiger partial charge in [-0.25, -0.2) is 0 Å². The quantitative estimate of drug-likeness (QED) is 0.647. The summed E-state index contributed by atoms with van der Waals surface area (Å²) in [6.07, 6.45) is 4.84. The first-order valence-corrected chi connectivity index (χ1v) is 7.54. The van der Waals surface area contributed by atoms with E-state index in [1.165, 1.54) is 30.4 Å². The van der Waals surface area contributed by atoms with Crippen LogP contribution in [-0.2, 0) is 4.74 Å². The molecule has 0 bridgehead atoms. The maximum atomic E-state index is 5.14. The lowest BCUT2D eigenvalue weighted by Gasteiger charge is -2.20. The van der Waals surface area contributed by atoms with Crippen LogP contribution in [0.5, 0.6) is 0 Å². The van der Waals surface area contributed by atoms with Gasteiger partial charge in [0.1, 0.15) is 0 Å².